The molecule has 1 aromatic heterocycles. The third-order valence-corrected chi connectivity index (χ3v) is 3.68. The van der Waals surface area contributed by atoms with E-state index in [1.54, 1.807) is 12.1 Å². The molecule has 23 heavy (non-hydrogen) atoms. The molecular weight excluding hydrogens is 290 g/mol. The molecule has 0 saturated heterocycles. The first kappa shape index (κ1) is 14.9. The van der Waals surface area contributed by atoms with Crippen molar-refractivity contribution in [1.29, 1.82) is 0 Å². The van der Waals surface area contributed by atoms with Gasteiger partial charge in [0.05, 0.1) is 17.1 Å². The topological polar surface area (TPSA) is 107 Å². The van der Waals surface area contributed by atoms with Gasteiger partial charge in [0.1, 0.15) is 12.1 Å². The van der Waals surface area contributed by atoms with E-state index in [0.717, 1.165) is 10.9 Å². The Morgan fingerprint density at radius 3 is 2.57 bits per heavy atom. The zero-order valence-corrected chi connectivity index (χ0v) is 12.4. The van der Waals surface area contributed by atoms with Crippen LogP contribution in [0, 0.1) is 0 Å². The molecule has 3 rings (SSSR count). The van der Waals surface area contributed by atoms with Crippen molar-refractivity contribution in [2.45, 2.75) is 6.04 Å². The van der Waals surface area contributed by atoms with Crippen LogP contribution < -0.4 is 16.8 Å². The number of hydrogen-bond acceptors (Lipinski definition) is 5. The maximum absolute atomic E-state index is 11.5. The minimum atomic E-state index is -0.515. The predicted molar refractivity (Wildman–Crippen MR) is 89.9 cm³/mol. The van der Waals surface area contributed by atoms with Crippen molar-refractivity contribution in [1.82, 2.24) is 9.97 Å². The largest absolute Gasteiger partial charge is 0.366 e. The summed E-state index contributed by atoms with van der Waals surface area (Å²) >= 11 is 0. The zero-order chi connectivity index (χ0) is 16.2. The van der Waals surface area contributed by atoms with E-state index in [0.29, 0.717) is 23.4 Å². The molecular formula is C17H17N5O. The molecule has 6 heteroatoms. The van der Waals surface area contributed by atoms with Crippen molar-refractivity contribution < 1.29 is 4.79 Å². The highest BCUT2D eigenvalue weighted by atomic mass is 16.1. The molecule has 1 heterocycles. The molecule has 0 radical (unpaired) electrons. The second-order valence-corrected chi connectivity index (χ2v) is 5.13. The van der Waals surface area contributed by atoms with Gasteiger partial charge in [-0.05, 0) is 17.7 Å². The van der Waals surface area contributed by atoms with E-state index >= 15 is 0 Å². The number of rotatable bonds is 5. The smallest absolute Gasteiger partial charge is 0.250 e. The molecule has 1 atom stereocenters. The first-order valence-electron chi connectivity index (χ1n) is 7.25. The summed E-state index contributed by atoms with van der Waals surface area (Å²) < 4.78 is 0. The molecule has 0 bridgehead atoms. The van der Waals surface area contributed by atoms with Crippen molar-refractivity contribution in [2.24, 2.45) is 11.5 Å². The molecule has 0 spiro atoms. The van der Waals surface area contributed by atoms with Crippen LogP contribution in [0.5, 0.6) is 0 Å². The highest BCUT2D eigenvalue weighted by Crippen LogP contribution is 2.25. The van der Waals surface area contributed by atoms with Crippen molar-refractivity contribution in [3.8, 4) is 0 Å². The Morgan fingerprint density at radius 1 is 1.09 bits per heavy atom. The second kappa shape index (κ2) is 6.41. The third-order valence-electron chi connectivity index (χ3n) is 3.68. The van der Waals surface area contributed by atoms with Crippen molar-refractivity contribution in [3.05, 3.63) is 66.0 Å². The van der Waals surface area contributed by atoms with Gasteiger partial charge in [0, 0.05) is 11.9 Å². The number of carbonyl (C=O) groups is 1. The Bertz CT molecular complexity index is 835. The van der Waals surface area contributed by atoms with E-state index in [-0.39, 0.29) is 6.04 Å². The van der Waals surface area contributed by atoms with Crippen molar-refractivity contribution in [3.63, 3.8) is 0 Å². The fraction of sp³-hybridized carbons (Fsp3) is 0.118. The number of nitrogens with zero attached hydrogens (tertiary/aromatic N) is 2. The lowest BCUT2D eigenvalue weighted by Crippen LogP contribution is -2.21. The van der Waals surface area contributed by atoms with Gasteiger partial charge in [0.15, 0.2) is 0 Å². The van der Waals surface area contributed by atoms with Crippen molar-refractivity contribution >= 4 is 22.6 Å². The fourth-order valence-electron chi connectivity index (χ4n) is 2.53. The molecule has 0 aliphatic rings. The van der Waals surface area contributed by atoms with E-state index in [4.69, 9.17) is 11.5 Å². The van der Waals surface area contributed by atoms with E-state index in [9.17, 15) is 4.79 Å². The number of nitrogens with two attached hydrogens (primary N) is 2. The summed E-state index contributed by atoms with van der Waals surface area (Å²) in [5.74, 6) is 0.107. The summed E-state index contributed by atoms with van der Waals surface area (Å²) in [6.07, 6.45) is 1.41. The summed E-state index contributed by atoms with van der Waals surface area (Å²) in [6.45, 7) is 0.408. The van der Waals surface area contributed by atoms with Gasteiger partial charge in [-0.1, -0.05) is 36.4 Å². The van der Waals surface area contributed by atoms with Gasteiger partial charge in [-0.25, -0.2) is 9.97 Å². The minimum absolute atomic E-state index is 0.0912. The van der Waals surface area contributed by atoms with Gasteiger partial charge in [-0.3, -0.25) is 4.79 Å². The van der Waals surface area contributed by atoms with Crippen LogP contribution in [-0.4, -0.2) is 22.4 Å². The number of hydrogen-bond donors (Lipinski definition) is 3. The number of fused-ring (bicyclic) bond motifs is 1. The van der Waals surface area contributed by atoms with Gasteiger partial charge >= 0.3 is 0 Å². The Hall–Kier alpha value is -2.99. The van der Waals surface area contributed by atoms with Gasteiger partial charge in [0.25, 0.3) is 5.91 Å². The van der Waals surface area contributed by atoms with Crippen LogP contribution in [0.25, 0.3) is 10.9 Å². The first-order chi connectivity index (χ1) is 11.2. The molecule has 0 aliphatic heterocycles. The molecule has 6 nitrogen and oxygen atoms in total. The second-order valence-electron chi connectivity index (χ2n) is 5.13. The molecule has 3 aromatic rings. The van der Waals surface area contributed by atoms with E-state index in [2.05, 4.69) is 15.3 Å². The highest BCUT2D eigenvalue weighted by Gasteiger charge is 2.14. The van der Waals surface area contributed by atoms with Crippen LogP contribution in [0.2, 0.25) is 0 Å². The number of aromatic nitrogens is 2. The first-order valence-corrected chi connectivity index (χ1v) is 7.25. The number of anilines is 1. The van der Waals surface area contributed by atoms with Gasteiger partial charge in [-0.2, -0.15) is 0 Å². The standard InChI is InChI=1S/C17H17N5O/c18-9-14(11-5-2-1-3-6-11)22-17-13-8-4-7-12(16(19)23)15(13)20-10-21-17/h1-8,10,14H,9,18H2,(H2,19,23)(H,20,21,22)/t14-/m0/s1. The molecule has 2 aromatic carbocycles. The molecule has 0 unspecified atom stereocenters. The van der Waals surface area contributed by atoms with E-state index in [1.807, 2.05) is 36.4 Å². The molecule has 1 amide bonds. The maximum atomic E-state index is 11.5. The lowest BCUT2D eigenvalue weighted by molar-refractivity contribution is 0.100. The lowest BCUT2D eigenvalue weighted by atomic mass is 10.1. The van der Waals surface area contributed by atoms with Crippen LogP contribution in [0.15, 0.2) is 54.9 Å². The van der Waals surface area contributed by atoms with Gasteiger partial charge < -0.3 is 16.8 Å². The Kier molecular flexibility index (Phi) is 4.16. The van der Waals surface area contributed by atoms with Gasteiger partial charge in [-0.15, -0.1) is 0 Å². The van der Waals surface area contributed by atoms with Crippen LogP contribution >= 0.6 is 0 Å². The summed E-state index contributed by atoms with van der Waals surface area (Å²) in [5.41, 5.74) is 13.3. The van der Waals surface area contributed by atoms with Crippen LogP contribution in [-0.2, 0) is 0 Å². The Morgan fingerprint density at radius 2 is 1.87 bits per heavy atom. The number of carbonyl (C=O) groups excluding carboxylic acids is 1. The predicted octanol–water partition coefficient (Wildman–Crippen LogP) is 1.84. The van der Waals surface area contributed by atoms with Crippen LogP contribution in [0.1, 0.15) is 22.0 Å². The number of benzene rings is 2. The average Bonchev–Trinajstić information content (AvgIpc) is 2.59. The number of nitrogens with one attached hydrogen (secondary N) is 1. The van der Waals surface area contributed by atoms with Crippen LogP contribution in [0.3, 0.4) is 0 Å². The number of amides is 1. The molecule has 0 fully saturated rings. The monoisotopic (exact) mass is 307 g/mol. The third kappa shape index (κ3) is 2.97. The summed E-state index contributed by atoms with van der Waals surface area (Å²) in [5, 5.41) is 4.06. The number of primary amides is 1. The minimum Gasteiger partial charge on any atom is -0.366 e. The lowest BCUT2D eigenvalue weighted by Gasteiger charge is -2.19. The summed E-state index contributed by atoms with van der Waals surface area (Å²) in [4.78, 5) is 20.0. The Balaban J connectivity index is 2.03. The average molecular weight is 307 g/mol. The Labute approximate surface area is 133 Å². The maximum Gasteiger partial charge on any atom is 0.250 e. The van der Waals surface area contributed by atoms with E-state index in [1.165, 1.54) is 6.33 Å². The van der Waals surface area contributed by atoms with Crippen molar-refractivity contribution in [2.75, 3.05) is 11.9 Å². The molecule has 5 N–H and O–H groups in total. The number of para-hydroxylation sites is 1. The quantitative estimate of drug-likeness (QED) is 0.666. The zero-order valence-electron chi connectivity index (χ0n) is 12.4. The summed E-state index contributed by atoms with van der Waals surface area (Å²) in [6, 6.07) is 15.1. The van der Waals surface area contributed by atoms with E-state index < -0.39 is 5.91 Å². The van der Waals surface area contributed by atoms with Gasteiger partial charge in [0.2, 0.25) is 0 Å². The van der Waals surface area contributed by atoms with Crippen LogP contribution in [0.4, 0.5) is 5.82 Å². The molecule has 0 saturated carbocycles. The molecule has 0 aliphatic carbocycles. The summed E-state index contributed by atoms with van der Waals surface area (Å²) in [7, 11) is 0. The molecule has 116 valence electrons. The SMILES string of the molecule is NC[C@H](Nc1ncnc2c(C(N)=O)cccc12)c1ccccc1. The normalized spacial score (nSPS) is 12.0. The highest BCUT2D eigenvalue weighted by molar-refractivity contribution is 6.06. The fourth-order valence-corrected chi connectivity index (χ4v) is 2.53.